The van der Waals surface area contributed by atoms with E-state index in [0.29, 0.717) is 25.4 Å². The molecule has 1 N–H and O–H groups in total. The fourth-order valence-corrected chi connectivity index (χ4v) is 3.48. The summed E-state index contributed by atoms with van der Waals surface area (Å²) >= 11 is 5.63. The van der Waals surface area contributed by atoms with Crippen molar-refractivity contribution in [3.8, 4) is 0 Å². The Morgan fingerprint density at radius 2 is 1.85 bits per heavy atom. The lowest BCUT2D eigenvalue weighted by Crippen LogP contribution is -2.39. The minimum Gasteiger partial charge on any atom is -0.342 e. The number of nitrogens with one attached hydrogen (secondary N) is 1. The van der Waals surface area contributed by atoms with Gasteiger partial charge in [-0.15, -0.1) is 0 Å². The van der Waals surface area contributed by atoms with E-state index in [0.717, 1.165) is 25.0 Å². The maximum Gasteiger partial charge on any atom is 0.418 e. The average Bonchev–Trinajstić information content (AvgIpc) is 3.36. The average molecular weight is 389 g/mol. The van der Waals surface area contributed by atoms with Gasteiger partial charge in [0.15, 0.2) is 0 Å². The molecule has 3 rings (SSSR count). The van der Waals surface area contributed by atoms with Gasteiger partial charge in [-0.3, -0.25) is 9.59 Å². The Hall–Kier alpha value is -1.76. The number of likely N-dealkylation sites (tertiary alicyclic amines) is 1. The zero-order valence-corrected chi connectivity index (χ0v) is 15.0. The first-order valence-corrected chi connectivity index (χ1v) is 9.01. The van der Waals surface area contributed by atoms with Crippen LogP contribution < -0.4 is 5.32 Å². The highest BCUT2D eigenvalue weighted by Crippen LogP contribution is 2.43. The first-order valence-electron chi connectivity index (χ1n) is 8.63. The monoisotopic (exact) mass is 388 g/mol. The van der Waals surface area contributed by atoms with Gasteiger partial charge < -0.3 is 10.2 Å². The summed E-state index contributed by atoms with van der Waals surface area (Å²) in [4.78, 5) is 26.5. The topological polar surface area (TPSA) is 49.4 Å². The molecule has 0 bridgehead atoms. The number of halogens is 4. The summed E-state index contributed by atoms with van der Waals surface area (Å²) < 4.78 is 39.3. The van der Waals surface area contributed by atoms with Crippen molar-refractivity contribution in [2.75, 3.05) is 18.4 Å². The summed E-state index contributed by atoms with van der Waals surface area (Å²) in [7, 11) is 0. The molecule has 0 radical (unpaired) electrons. The molecule has 8 heteroatoms. The van der Waals surface area contributed by atoms with Gasteiger partial charge in [-0.1, -0.05) is 18.5 Å². The van der Waals surface area contributed by atoms with Gasteiger partial charge in [0.2, 0.25) is 11.8 Å². The molecule has 142 valence electrons. The van der Waals surface area contributed by atoms with Crippen molar-refractivity contribution < 1.29 is 22.8 Å². The van der Waals surface area contributed by atoms with Crippen LogP contribution in [0.4, 0.5) is 18.9 Å². The molecule has 2 atom stereocenters. The molecule has 1 aromatic carbocycles. The lowest BCUT2D eigenvalue weighted by Gasteiger charge is -2.30. The maximum atomic E-state index is 13.1. The number of hydrogen-bond donors (Lipinski definition) is 1. The van der Waals surface area contributed by atoms with Crippen LogP contribution in [0.2, 0.25) is 5.02 Å². The largest absolute Gasteiger partial charge is 0.418 e. The number of hydrogen-bond acceptors (Lipinski definition) is 2. The van der Waals surface area contributed by atoms with E-state index in [9.17, 15) is 22.8 Å². The number of amides is 2. The van der Waals surface area contributed by atoms with Crippen molar-refractivity contribution >= 4 is 29.1 Å². The van der Waals surface area contributed by atoms with E-state index in [2.05, 4.69) is 12.2 Å². The number of alkyl halides is 3. The van der Waals surface area contributed by atoms with Crippen molar-refractivity contribution in [1.82, 2.24) is 4.90 Å². The maximum absolute atomic E-state index is 13.1. The first-order chi connectivity index (χ1) is 12.2. The number of carbonyl (C=O) groups is 2. The number of benzene rings is 1. The Morgan fingerprint density at radius 1 is 1.19 bits per heavy atom. The molecule has 0 spiro atoms. The summed E-state index contributed by atoms with van der Waals surface area (Å²) in [5.74, 6) is -1.03. The normalized spacial score (nSPS) is 23.7. The van der Waals surface area contributed by atoms with Crippen LogP contribution >= 0.6 is 11.6 Å². The molecular weight excluding hydrogens is 369 g/mol. The Labute approximate surface area is 154 Å². The van der Waals surface area contributed by atoms with E-state index < -0.39 is 29.5 Å². The molecule has 1 heterocycles. The van der Waals surface area contributed by atoms with E-state index in [1.54, 1.807) is 4.90 Å². The van der Waals surface area contributed by atoms with Gasteiger partial charge in [0, 0.05) is 18.1 Å². The van der Waals surface area contributed by atoms with Gasteiger partial charge in [0.05, 0.1) is 23.1 Å². The number of nitrogens with zero attached hydrogens (tertiary/aromatic N) is 1. The molecule has 1 saturated carbocycles. The van der Waals surface area contributed by atoms with Crippen LogP contribution in [0, 0.1) is 17.8 Å². The standard InChI is InChI=1S/C18H20ClF3N2O2/c1-10-4-6-24(7-5-10)17(26)13-9-12(13)16(25)23-15-3-2-11(19)8-14(15)18(20,21)22/h2-3,8,10,12-13H,4-7,9H2,1H3,(H,23,25). The second kappa shape index (κ2) is 7.10. The SMILES string of the molecule is CC1CCN(C(=O)C2CC2C(=O)Nc2ccc(Cl)cc2C(F)(F)F)CC1. The van der Waals surface area contributed by atoms with Crippen LogP contribution in [0.25, 0.3) is 0 Å². The Kier molecular flexibility index (Phi) is 5.19. The van der Waals surface area contributed by atoms with Crippen LogP contribution in [0.15, 0.2) is 18.2 Å². The van der Waals surface area contributed by atoms with Crippen molar-refractivity contribution in [2.45, 2.75) is 32.4 Å². The molecule has 1 aliphatic heterocycles. The third-order valence-electron chi connectivity index (χ3n) is 5.08. The fraction of sp³-hybridized carbons (Fsp3) is 0.556. The van der Waals surface area contributed by atoms with E-state index in [1.165, 1.54) is 6.07 Å². The highest BCUT2D eigenvalue weighted by atomic mass is 35.5. The summed E-state index contributed by atoms with van der Waals surface area (Å²) in [6, 6.07) is 3.20. The molecule has 1 aromatic rings. The summed E-state index contributed by atoms with van der Waals surface area (Å²) in [5, 5.41) is 2.25. The molecule has 0 aromatic heterocycles. The fourth-order valence-electron chi connectivity index (χ4n) is 3.31. The summed E-state index contributed by atoms with van der Waals surface area (Å²) in [5.41, 5.74) is -1.33. The van der Waals surface area contributed by atoms with Gasteiger partial charge in [0.1, 0.15) is 0 Å². The molecule has 1 aliphatic carbocycles. The molecular formula is C18H20ClF3N2O2. The smallest absolute Gasteiger partial charge is 0.342 e. The third-order valence-corrected chi connectivity index (χ3v) is 5.32. The summed E-state index contributed by atoms with van der Waals surface area (Å²) in [6.07, 6.45) is -2.37. The lowest BCUT2D eigenvalue weighted by atomic mass is 9.99. The molecule has 4 nitrogen and oxygen atoms in total. The van der Waals surface area contributed by atoms with Crippen molar-refractivity contribution in [1.29, 1.82) is 0 Å². The van der Waals surface area contributed by atoms with Crippen molar-refractivity contribution in [3.63, 3.8) is 0 Å². The minimum absolute atomic E-state index is 0.0610. The van der Waals surface area contributed by atoms with Crippen LogP contribution in [0.3, 0.4) is 0 Å². The Balaban J connectivity index is 1.63. The number of carbonyl (C=O) groups excluding carboxylic acids is 2. The molecule has 1 saturated heterocycles. The van der Waals surface area contributed by atoms with Crippen LogP contribution in [-0.4, -0.2) is 29.8 Å². The van der Waals surface area contributed by atoms with Gasteiger partial charge in [-0.2, -0.15) is 13.2 Å². The first kappa shape index (κ1) is 19.0. The van der Waals surface area contributed by atoms with Gasteiger partial charge >= 0.3 is 6.18 Å². The predicted molar refractivity (Wildman–Crippen MR) is 91.7 cm³/mol. The van der Waals surface area contributed by atoms with Crippen LogP contribution in [-0.2, 0) is 15.8 Å². The van der Waals surface area contributed by atoms with E-state index in [4.69, 9.17) is 11.6 Å². The summed E-state index contributed by atoms with van der Waals surface area (Å²) in [6.45, 7) is 3.50. The Bertz CT molecular complexity index is 715. The van der Waals surface area contributed by atoms with Gasteiger partial charge in [0.25, 0.3) is 0 Å². The van der Waals surface area contributed by atoms with Gasteiger partial charge in [-0.25, -0.2) is 0 Å². The minimum atomic E-state index is -4.63. The quantitative estimate of drug-likeness (QED) is 0.844. The van der Waals surface area contributed by atoms with E-state index in [-0.39, 0.29) is 16.6 Å². The number of piperidine rings is 1. The molecule has 2 amide bonds. The molecule has 2 aliphatic rings. The zero-order valence-electron chi connectivity index (χ0n) is 14.3. The van der Waals surface area contributed by atoms with Gasteiger partial charge in [-0.05, 0) is 43.4 Å². The van der Waals surface area contributed by atoms with Crippen LogP contribution in [0.5, 0.6) is 0 Å². The highest BCUT2D eigenvalue weighted by molar-refractivity contribution is 6.30. The molecule has 2 fully saturated rings. The second-order valence-electron chi connectivity index (χ2n) is 7.13. The van der Waals surface area contributed by atoms with E-state index in [1.807, 2.05) is 0 Å². The Morgan fingerprint density at radius 3 is 2.46 bits per heavy atom. The zero-order chi connectivity index (χ0) is 19.1. The molecule has 2 unspecified atom stereocenters. The number of rotatable bonds is 3. The van der Waals surface area contributed by atoms with Crippen LogP contribution in [0.1, 0.15) is 31.7 Å². The second-order valence-corrected chi connectivity index (χ2v) is 7.57. The molecule has 26 heavy (non-hydrogen) atoms. The van der Waals surface area contributed by atoms with Crippen molar-refractivity contribution in [3.05, 3.63) is 28.8 Å². The highest BCUT2D eigenvalue weighted by Gasteiger charge is 2.50. The van der Waals surface area contributed by atoms with E-state index >= 15 is 0 Å². The number of anilines is 1. The third kappa shape index (κ3) is 4.14. The predicted octanol–water partition coefficient (Wildman–Crippen LogP) is 4.19. The lowest BCUT2D eigenvalue weighted by molar-refractivity contribution is -0.137. The van der Waals surface area contributed by atoms with Crippen molar-refractivity contribution in [2.24, 2.45) is 17.8 Å².